The molecule has 0 spiro atoms. The van der Waals surface area contributed by atoms with Crippen LogP contribution in [0.4, 0.5) is 0 Å². The lowest BCUT2D eigenvalue weighted by atomic mass is 10.0. The van der Waals surface area contributed by atoms with Crippen LogP contribution in [0.25, 0.3) is 0 Å². The van der Waals surface area contributed by atoms with Gasteiger partial charge in [0, 0.05) is 25.7 Å². The molecule has 0 aromatic carbocycles. The van der Waals surface area contributed by atoms with E-state index in [4.69, 9.17) is 37.0 Å². The van der Waals surface area contributed by atoms with Crippen LogP contribution in [-0.4, -0.2) is 96.7 Å². The third-order valence-corrected chi connectivity index (χ3v) is 18.5. The molecule has 0 amide bonds. The second-order valence-corrected chi connectivity index (χ2v) is 28.5. The molecule has 0 aromatic rings. The van der Waals surface area contributed by atoms with Crippen LogP contribution in [0.1, 0.15) is 374 Å². The number of rotatable bonds is 72. The Morgan fingerprint density at radius 3 is 0.656 bits per heavy atom. The minimum atomic E-state index is -4.95. The van der Waals surface area contributed by atoms with Gasteiger partial charge in [-0.15, -0.1) is 0 Å². The molecule has 0 radical (unpaired) electrons. The first-order chi connectivity index (χ1) is 43.7. The minimum absolute atomic E-state index is 0.106. The summed E-state index contributed by atoms with van der Waals surface area (Å²) in [6.45, 7) is 4.90. The van der Waals surface area contributed by atoms with Crippen LogP contribution in [0.5, 0.6) is 0 Å². The molecule has 0 aliphatic rings. The zero-order valence-electron chi connectivity index (χ0n) is 58.1. The monoisotopic (exact) mass is 1320 g/mol. The second kappa shape index (κ2) is 65.7. The van der Waals surface area contributed by atoms with E-state index < -0.39 is 97.5 Å². The second-order valence-electron chi connectivity index (χ2n) is 25.6. The highest BCUT2D eigenvalue weighted by atomic mass is 31.2. The Bertz CT molecular complexity index is 1720. The Labute approximate surface area is 549 Å². The molecule has 5 atom stereocenters. The van der Waals surface area contributed by atoms with Crippen molar-refractivity contribution in [1.29, 1.82) is 0 Å². The van der Waals surface area contributed by atoms with Crippen LogP contribution in [0.15, 0.2) is 0 Å². The molecule has 2 unspecified atom stereocenters. The molecule has 90 heavy (non-hydrogen) atoms. The summed E-state index contributed by atoms with van der Waals surface area (Å²) in [6.07, 6.45) is 54.3. The molecule has 0 heterocycles. The van der Waals surface area contributed by atoms with Gasteiger partial charge in [-0.2, -0.15) is 0 Å². The van der Waals surface area contributed by atoms with Crippen molar-refractivity contribution in [3.63, 3.8) is 0 Å². The fraction of sp³-hybridized carbons (Fsp3) is 0.944. The molecule has 3 N–H and O–H groups in total. The van der Waals surface area contributed by atoms with Gasteiger partial charge in [0.15, 0.2) is 12.2 Å². The molecule has 534 valence electrons. The average Bonchev–Trinajstić information content (AvgIpc) is 3.66. The van der Waals surface area contributed by atoms with E-state index in [1.54, 1.807) is 0 Å². The average molecular weight is 1330 g/mol. The van der Waals surface area contributed by atoms with E-state index in [-0.39, 0.29) is 25.7 Å². The summed E-state index contributed by atoms with van der Waals surface area (Å²) in [4.78, 5) is 72.4. The maximum absolute atomic E-state index is 13.0. The molecule has 0 aromatic heterocycles. The molecule has 0 bridgehead atoms. The first kappa shape index (κ1) is 88.1. The summed E-state index contributed by atoms with van der Waals surface area (Å²) < 4.78 is 68.2. The number of aliphatic hydroxyl groups is 1. The third kappa shape index (κ3) is 64.8. The summed E-state index contributed by atoms with van der Waals surface area (Å²) in [5, 5.41) is 10.6. The number of carbonyl (C=O) groups is 4. The Morgan fingerprint density at radius 1 is 0.267 bits per heavy atom. The van der Waals surface area contributed by atoms with Crippen molar-refractivity contribution < 1.29 is 80.2 Å². The Kier molecular flexibility index (Phi) is 64.3. The standard InChI is InChI=1S/C71H138O17P2/c1-5-9-13-17-21-24-26-28-30-32-33-35-37-39-42-46-50-54-58-71(76)88-67(62-82-69(74)56-52-48-44-41-38-36-34-31-29-27-25-22-18-14-10-6-2)64-86-90(79,80)84-60-65(72)59-83-89(77,78)85-63-66(61-81-68(73)55-51-47-43-20-16-12-8-4)87-70(75)57-53-49-45-40-23-19-15-11-7-3/h65-67,72H,5-64H2,1-4H3,(H,77,78)(H,79,80)/t65-,66+,67+/m0/s1. The van der Waals surface area contributed by atoms with Gasteiger partial charge in [0.05, 0.1) is 26.4 Å². The fourth-order valence-corrected chi connectivity index (χ4v) is 12.4. The third-order valence-electron chi connectivity index (χ3n) is 16.6. The summed E-state index contributed by atoms with van der Waals surface area (Å²) in [6, 6.07) is 0. The van der Waals surface area contributed by atoms with Gasteiger partial charge in [0.25, 0.3) is 0 Å². The fourth-order valence-electron chi connectivity index (χ4n) is 10.9. The largest absolute Gasteiger partial charge is 0.472 e. The lowest BCUT2D eigenvalue weighted by molar-refractivity contribution is -0.161. The predicted octanol–water partition coefficient (Wildman–Crippen LogP) is 20.7. The Morgan fingerprint density at radius 2 is 0.444 bits per heavy atom. The van der Waals surface area contributed by atoms with Gasteiger partial charge in [0.2, 0.25) is 0 Å². The highest BCUT2D eigenvalue weighted by molar-refractivity contribution is 7.47. The molecule has 0 fully saturated rings. The van der Waals surface area contributed by atoms with Crippen molar-refractivity contribution in [2.45, 2.75) is 393 Å². The molecule has 17 nitrogen and oxygen atoms in total. The molecular formula is C71H138O17P2. The maximum Gasteiger partial charge on any atom is 0.472 e. The molecule has 0 saturated carbocycles. The van der Waals surface area contributed by atoms with Crippen LogP contribution >= 0.6 is 15.6 Å². The summed E-state index contributed by atoms with van der Waals surface area (Å²) in [5.41, 5.74) is 0. The number of phosphoric ester groups is 2. The minimum Gasteiger partial charge on any atom is -0.462 e. The summed E-state index contributed by atoms with van der Waals surface area (Å²) in [5.74, 6) is -2.12. The number of hydrogen-bond acceptors (Lipinski definition) is 15. The molecule has 0 aliphatic carbocycles. The first-order valence-electron chi connectivity index (χ1n) is 37.3. The number of aliphatic hydroxyl groups excluding tert-OH is 1. The zero-order chi connectivity index (χ0) is 66.1. The summed E-state index contributed by atoms with van der Waals surface area (Å²) in [7, 11) is -9.89. The van der Waals surface area contributed by atoms with Crippen molar-refractivity contribution in [3.8, 4) is 0 Å². The number of phosphoric acid groups is 2. The van der Waals surface area contributed by atoms with Crippen LogP contribution in [-0.2, 0) is 65.4 Å². The lowest BCUT2D eigenvalue weighted by Crippen LogP contribution is -2.30. The molecular weight excluding hydrogens is 1190 g/mol. The van der Waals surface area contributed by atoms with Gasteiger partial charge < -0.3 is 33.8 Å². The van der Waals surface area contributed by atoms with Gasteiger partial charge in [-0.3, -0.25) is 37.3 Å². The highest BCUT2D eigenvalue weighted by Crippen LogP contribution is 2.45. The predicted molar refractivity (Wildman–Crippen MR) is 363 cm³/mol. The molecule has 0 rings (SSSR count). The van der Waals surface area contributed by atoms with E-state index in [0.29, 0.717) is 25.7 Å². The number of ether oxygens (including phenoxy) is 4. The van der Waals surface area contributed by atoms with Gasteiger partial charge in [-0.05, 0) is 25.7 Å². The molecule has 0 saturated heterocycles. The lowest BCUT2D eigenvalue weighted by Gasteiger charge is -2.21. The van der Waals surface area contributed by atoms with Crippen LogP contribution in [0.3, 0.4) is 0 Å². The highest BCUT2D eigenvalue weighted by Gasteiger charge is 2.30. The SMILES string of the molecule is CCCCCCCCCCCCCCCCCCCCC(=O)O[C@H](COC(=O)CCCCCCCCCCCCCCCCCC)COP(=O)(O)OC[C@@H](O)COP(=O)(O)OC[C@@H](COC(=O)CCCCCCCCC)OC(=O)CCCCCCCCCCC. The molecule has 0 aliphatic heterocycles. The normalized spacial score (nSPS) is 14.0. The first-order valence-corrected chi connectivity index (χ1v) is 40.3. The maximum atomic E-state index is 13.0. The van der Waals surface area contributed by atoms with Crippen molar-refractivity contribution in [3.05, 3.63) is 0 Å². The summed E-state index contributed by atoms with van der Waals surface area (Å²) >= 11 is 0. The van der Waals surface area contributed by atoms with Crippen molar-refractivity contribution in [2.24, 2.45) is 0 Å². The van der Waals surface area contributed by atoms with E-state index in [0.717, 1.165) is 103 Å². The Hall–Kier alpha value is -1.94. The van der Waals surface area contributed by atoms with Gasteiger partial charge in [0.1, 0.15) is 19.3 Å². The topological polar surface area (TPSA) is 237 Å². The number of carbonyl (C=O) groups excluding carboxylic acids is 4. The zero-order valence-corrected chi connectivity index (χ0v) is 59.9. The van der Waals surface area contributed by atoms with E-state index in [1.165, 1.54) is 193 Å². The van der Waals surface area contributed by atoms with Crippen LogP contribution in [0.2, 0.25) is 0 Å². The quantitative estimate of drug-likeness (QED) is 0.0222. The van der Waals surface area contributed by atoms with E-state index in [1.807, 2.05) is 0 Å². The van der Waals surface area contributed by atoms with Crippen LogP contribution in [0, 0.1) is 0 Å². The van der Waals surface area contributed by atoms with Crippen LogP contribution < -0.4 is 0 Å². The van der Waals surface area contributed by atoms with Crippen molar-refractivity contribution in [1.82, 2.24) is 0 Å². The number of unbranched alkanes of at least 4 members (excludes halogenated alkanes) is 46. The van der Waals surface area contributed by atoms with Gasteiger partial charge in [-0.25, -0.2) is 9.13 Å². The van der Waals surface area contributed by atoms with Crippen molar-refractivity contribution in [2.75, 3.05) is 39.6 Å². The number of hydrogen-bond donors (Lipinski definition) is 3. The number of esters is 4. The molecule has 19 heteroatoms. The van der Waals surface area contributed by atoms with Gasteiger partial charge in [-0.1, -0.05) is 323 Å². The van der Waals surface area contributed by atoms with E-state index in [9.17, 15) is 43.2 Å². The van der Waals surface area contributed by atoms with Crippen molar-refractivity contribution >= 4 is 39.5 Å². The van der Waals surface area contributed by atoms with E-state index in [2.05, 4.69) is 27.7 Å². The van der Waals surface area contributed by atoms with Gasteiger partial charge >= 0.3 is 39.5 Å². The van der Waals surface area contributed by atoms with E-state index >= 15 is 0 Å². The smallest absolute Gasteiger partial charge is 0.462 e. The Balaban J connectivity index is 5.17.